The molecule has 0 spiro atoms. The van der Waals surface area contributed by atoms with Crippen molar-refractivity contribution in [2.45, 2.75) is 0 Å². The smallest absolute Gasteiger partial charge is 0.190 e. The minimum atomic E-state index is 0.653. The summed E-state index contributed by atoms with van der Waals surface area (Å²) in [5.74, 6) is 0.653. The van der Waals surface area contributed by atoms with E-state index < -0.39 is 0 Å². The Morgan fingerprint density at radius 2 is 2.71 bits per heavy atom. The van der Waals surface area contributed by atoms with Gasteiger partial charge in [0, 0.05) is 12.3 Å². The molecular weight excluding hydrogens is 94.1 g/mol. The number of hydrogen-bond donors (Lipinski definition) is 1. The zero-order valence-corrected chi connectivity index (χ0v) is 3.88. The van der Waals surface area contributed by atoms with Crippen LogP contribution in [0.25, 0.3) is 0 Å². The second-order valence-corrected chi connectivity index (χ2v) is 1.04. The molecule has 1 aromatic rings. The zero-order valence-electron chi connectivity index (χ0n) is 3.88. The number of anilines is 1. The number of nitrogens with zero attached hydrogens (tertiary/aromatic N) is 2. The average molecular weight is 99.1 g/mol. The molecule has 0 aromatic carbocycles. The Balaban J connectivity index is 2.76. The molecule has 0 fully saturated rings. The van der Waals surface area contributed by atoms with Crippen LogP contribution in [-0.4, -0.2) is 17.4 Å². The molecule has 4 heteroatoms. The van der Waals surface area contributed by atoms with Crippen LogP contribution in [0.15, 0.2) is 10.8 Å². The summed E-state index contributed by atoms with van der Waals surface area (Å²) in [6.45, 7) is 0. The summed E-state index contributed by atoms with van der Waals surface area (Å²) in [5, 5.41) is 9.45. The van der Waals surface area contributed by atoms with Gasteiger partial charge in [0.15, 0.2) is 12.1 Å². The lowest BCUT2D eigenvalue weighted by molar-refractivity contribution is 0.393. The number of rotatable bonds is 1. The number of aromatic nitrogens is 2. The highest BCUT2D eigenvalue weighted by atomic mass is 16.5. The van der Waals surface area contributed by atoms with Gasteiger partial charge in [-0.25, -0.2) is 0 Å². The maximum absolute atomic E-state index is 4.38. The molecule has 0 aliphatic heterocycles. The fraction of sp³-hybridized carbons (Fsp3) is 0.333. The largest absolute Gasteiger partial charge is 0.369 e. The number of hydrogen-bond acceptors (Lipinski definition) is 4. The van der Waals surface area contributed by atoms with Gasteiger partial charge < -0.3 is 9.84 Å². The topological polar surface area (TPSA) is 51.0 Å². The third-order valence-corrected chi connectivity index (χ3v) is 0.616. The second-order valence-electron chi connectivity index (χ2n) is 1.04. The van der Waals surface area contributed by atoms with Crippen LogP contribution in [0, 0.1) is 0 Å². The fourth-order valence-electron chi connectivity index (χ4n) is 0.274. The van der Waals surface area contributed by atoms with Gasteiger partial charge >= 0.3 is 0 Å². The third-order valence-electron chi connectivity index (χ3n) is 0.616. The van der Waals surface area contributed by atoms with E-state index in [1.807, 2.05) is 0 Å². The number of nitrogens with one attached hydrogen (secondary N) is 1. The summed E-state index contributed by atoms with van der Waals surface area (Å²) in [6, 6.07) is 0. The van der Waals surface area contributed by atoms with Crippen LogP contribution in [0.5, 0.6) is 0 Å². The minimum absolute atomic E-state index is 0.653. The van der Waals surface area contributed by atoms with Gasteiger partial charge in [-0.1, -0.05) is 5.10 Å². The van der Waals surface area contributed by atoms with Gasteiger partial charge in [0.25, 0.3) is 0 Å². The first-order chi connectivity index (χ1) is 3.43. The summed E-state index contributed by atoms with van der Waals surface area (Å²) in [6.07, 6.45) is 1.43. The van der Waals surface area contributed by atoms with E-state index in [0.29, 0.717) is 5.82 Å². The van der Waals surface area contributed by atoms with Crippen molar-refractivity contribution >= 4 is 5.82 Å². The van der Waals surface area contributed by atoms with E-state index in [2.05, 4.69) is 20.2 Å². The Morgan fingerprint density at radius 3 is 3.00 bits per heavy atom. The molecule has 0 unspecified atom stereocenters. The molecule has 38 valence electrons. The molecular formula is C3H5N3O. The molecule has 1 N–H and O–H groups in total. The molecule has 0 atom stereocenters. The predicted molar refractivity (Wildman–Crippen MR) is 23.8 cm³/mol. The first-order valence-electron chi connectivity index (χ1n) is 1.88. The van der Waals surface area contributed by atoms with Crippen molar-refractivity contribution in [2.75, 3.05) is 12.4 Å². The van der Waals surface area contributed by atoms with E-state index in [0.717, 1.165) is 0 Å². The van der Waals surface area contributed by atoms with E-state index in [-0.39, 0.29) is 0 Å². The fourth-order valence-corrected chi connectivity index (χ4v) is 0.274. The van der Waals surface area contributed by atoms with Crippen molar-refractivity contribution in [3.63, 3.8) is 0 Å². The molecule has 0 aliphatic carbocycles. The second kappa shape index (κ2) is 1.59. The van der Waals surface area contributed by atoms with Gasteiger partial charge in [0.2, 0.25) is 0 Å². The Morgan fingerprint density at radius 1 is 1.86 bits per heavy atom. The predicted octanol–water partition coefficient (Wildman–Crippen LogP) is 0.111. The first kappa shape index (κ1) is 4.11. The van der Waals surface area contributed by atoms with Crippen LogP contribution in [0.4, 0.5) is 5.82 Å². The summed E-state index contributed by atoms with van der Waals surface area (Å²) in [5.41, 5.74) is 0. The van der Waals surface area contributed by atoms with Crippen LogP contribution in [-0.2, 0) is 0 Å². The highest BCUT2D eigenvalue weighted by molar-refractivity contribution is 5.25. The van der Waals surface area contributed by atoms with Crippen LogP contribution >= 0.6 is 0 Å². The van der Waals surface area contributed by atoms with Gasteiger partial charge in [-0.2, -0.15) is 0 Å². The molecule has 0 radical (unpaired) electrons. The Bertz CT molecular complexity index is 125. The average Bonchev–Trinajstić information content (AvgIpc) is 2.14. The van der Waals surface area contributed by atoms with Gasteiger partial charge in [-0.05, 0) is 0 Å². The Hall–Kier alpha value is -1.06. The maximum atomic E-state index is 4.38. The molecule has 0 saturated heterocycles. The van der Waals surface area contributed by atoms with Gasteiger partial charge in [0.05, 0.1) is 0 Å². The lowest BCUT2D eigenvalue weighted by Gasteiger charge is -1.80. The van der Waals surface area contributed by atoms with E-state index in [9.17, 15) is 0 Å². The van der Waals surface area contributed by atoms with Gasteiger partial charge in [0.1, 0.15) is 0 Å². The van der Waals surface area contributed by atoms with Crippen LogP contribution in [0.2, 0.25) is 0 Å². The molecule has 0 bridgehead atoms. The molecule has 0 amide bonds. The molecule has 1 rings (SSSR count). The standard InChI is InChI=1S/C3H5N3O/c1-4-3-2-7-6-5-3/h2,4H,1H3. The molecule has 4 nitrogen and oxygen atoms in total. The minimum Gasteiger partial charge on any atom is -0.369 e. The van der Waals surface area contributed by atoms with E-state index >= 15 is 0 Å². The Kier molecular flexibility index (Phi) is 0.934. The zero-order chi connectivity index (χ0) is 5.11. The van der Waals surface area contributed by atoms with Crippen LogP contribution in [0.1, 0.15) is 0 Å². The molecule has 1 aromatic heterocycles. The lowest BCUT2D eigenvalue weighted by atomic mass is 10.8. The first-order valence-corrected chi connectivity index (χ1v) is 1.88. The van der Waals surface area contributed by atoms with Crippen molar-refractivity contribution < 1.29 is 4.52 Å². The monoisotopic (exact) mass is 99.0 g/mol. The van der Waals surface area contributed by atoms with Gasteiger partial charge in [-0.15, -0.1) is 0 Å². The van der Waals surface area contributed by atoms with E-state index in [1.165, 1.54) is 6.26 Å². The third kappa shape index (κ3) is 0.677. The summed E-state index contributed by atoms with van der Waals surface area (Å²) < 4.78 is 4.38. The van der Waals surface area contributed by atoms with E-state index in [4.69, 9.17) is 0 Å². The quantitative estimate of drug-likeness (QED) is 0.543. The maximum Gasteiger partial charge on any atom is 0.190 e. The summed E-state index contributed by atoms with van der Waals surface area (Å²) in [7, 11) is 1.75. The lowest BCUT2D eigenvalue weighted by Crippen LogP contribution is -1.85. The highest BCUT2D eigenvalue weighted by Gasteiger charge is 1.86. The van der Waals surface area contributed by atoms with Crippen molar-refractivity contribution in [3.05, 3.63) is 6.26 Å². The van der Waals surface area contributed by atoms with Crippen molar-refractivity contribution in [3.8, 4) is 0 Å². The molecule has 0 aliphatic rings. The van der Waals surface area contributed by atoms with Crippen molar-refractivity contribution in [2.24, 2.45) is 0 Å². The van der Waals surface area contributed by atoms with Crippen molar-refractivity contribution in [1.82, 2.24) is 10.4 Å². The van der Waals surface area contributed by atoms with Crippen LogP contribution < -0.4 is 5.32 Å². The molecule has 1 heterocycles. The molecule has 0 saturated carbocycles. The van der Waals surface area contributed by atoms with E-state index in [1.54, 1.807) is 7.05 Å². The normalized spacial score (nSPS) is 8.71. The van der Waals surface area contributed by atoms with Crippen LogP contribution in [0.3, 0.4) is 0 Å². The Labute approximate surface area is 40.5 Å². The summed E-state index contributed by atoms with van der Waals surface area (Å²) >= 11 is 0. The van der Waals surface area contributed by atoms with Gasteiger partial charge in [-0.3, -0.25) is 0 Å². The van der Waals surface area contributed by atoms with Crippen molar-refractivity contribution in [1.29, 1.82) is 0 Å². The molecule has 7 heavy (non-hydrogen) atoms. The highest BCUT2D eigenvalue weighted by Crippen LogP contribution is 1.93. The summed E-state index contributed by atoms with van der Waals surface area (Å²) in [4.78, 5) is 0. The SMILES string of the molecule is CNc1conn1.